The van der Waals surface area contributed by atoms with Crippen molar-refractivity contribution in [3.63, 3.8) is 0 Å². The molecule has 0 bridgehead atoms. The van der Waals surface area contributed by atoms with Gasteiger partial charge in [-0.05, 0) is 55.8 Å². The fourth-order valence-corrected chi connectivity index (χ4v) is 3.88. The summed E-state index contributed by atoms with van der Waals surface area (Å²) in [5, 5.41) is 5.72. The molecular formula is C28H29N3O4. The van der Waals surface area contributed by atoms with Gasteiger partial charge in [0.1, 0.15) is 5.75 Å². The summed E-state index contributed by atoms with van der Waals surface area (Å²) in [6.07, 6.45) is 0.178. The Morgan fingerprint density at radius 2 is 1.54 bits per heavy atom. The molecule has 1 unspecified atom stereocenters. The Balaban J connectivity index is 1.26. The van der Waals surface area contributed by atoms with E-state index in [2.05, 4.69) is 10.6 Å². The van der Waals surface area contributed by atoms with Crippen LogP contribution in [0.25, 0.3) is 0 Å². The second-order valence-corrected chi connectivity index (χ2v) is 8.81. The van der Waals surface area contributed by atoms with E-state index >= 15 is 0 Å². The zero-order chi connectivity index (χ0) is 24.8. The van der Waals surface area contributed by atoms with E-state index in [1.807, 2.05) is 62.4 Å². The summed E-state index contributed by atoms with van der Waals surface area (Å²) in [5.74, 6) is -0.346. The molecular weight excluding hydrogens is 442 g/mol. The summed E-state index contributed by atoms with van der Waals surface area (Å²) in [5.41, 5.74) is 4.71. The van der Waals surface area contributed by atoms with Crippen LogP contribution in [0.2, 0.25) is 0 Å². The van der Waals surface area contributed by atoms with Gasteiger partial charge in [0.25, 0.3) is 5.91 Å². The molecule has 1 atom stereocenters. The van der Waals surface area contributed by atoms with E-state index in [4.69, 9.17) is 4.74 Å². The maximum atomic E-state index is 12.6. The van der Waals surface area contributed by atoms with Crippen LogP contribution < -0.4 is 20.3 Å². The summed E-state index contributed by atoms with van der Waals surface area (Å²) in [6.45, 7) is 4.64. The third-order valence-corrected chi connectivity index (χ3v) is 5.94. The number of hydrogen-bond acceptors (Lipinski definition) is 4. The number of hydrogen-bond donors (Lipinski definition) is 2. The van der Waals surface area contributed by atoms with Crippen molar-refractivity contribution in [3.8, 4) is 5.75 Å². The molecule has 1 aliphatic heterocycles. The fourth-order valence-electron chi connectivity index (χ4n) is 3.88. The standard InChI is InChI=1S/C28H29N3O4/c1-19-3-7-21(8-4-19)16-29-28(34)22-15-27(33)31(17-22)24-11-13-25(14-12-24)35-18-26(32)30-23-9-5-20(2)6-10-23/h3-14,22H,15-18H2,1-2H3,(H,29,34)(H,30,32). The molecule has 1 saturated heterocycles. The highest BCUT2D eigenvalue weighted by Crippen LogP contribution is 2.27. The molecule has 7 nitrogen and oxygen atoms in total. The van der Waals surface area contributed by atoms with E-state index in [0.29, 0.717) is 30.2 Å². The molecule has 0 radical (unpaired) electrons. The first kappa shape index (κ1) is 24.0. The van der Waals surface area contributed by atoms with Crippen molar-refractivity contribution in [2.45, 2.75) is 26.8 Å². The van der Waals surface area contributed by atoms with Gasteiger partial charge >= 0.3 is 0 Å². The van der Waals surface area contributed by atoms with Gasteiger partial charge in [-0.2, -0.15) is 0 Å². The van der Waals surface area contributed by atoms with Gasteiger partial charge < -0.3 is 20.3 Å². The minimum atomic E-state index is -0.394. The maximum absolute atomic E-state index is 12.6. The van der Waals surface area contributed by atoms with E-state index < -0.39 is 5.92 Å². The average molecular weight is 472 g/mol. The third kappa shape index (κ3) is 6.47. The van der Waals surface area contributed by atoms with Gasteiger partial charge in [-0.3, -0.25) is 14.4 Å². The highest BCUT2D eigenvalue weighted by Gasteiger charge is 2.35. The summed E-state index contributed by atoms with van der Waals surface area (Å²) in [6, 6.07) is 22.5. The molecule has 0 spiro atoms. The van der Waals surface area contributed by atoms with E-state index in [-0.39, 0.29) is 30.7 Å². The lowest BCUT2D eigenvalue weighted by molar-refractivity contribution is -0.126. The average Bonchev–Trinajstić information content (AvgIpc) is 3.25. The Morgan fingerprint density at radius 3 is 2.20 bits per heavy atom. The molecule has 3 aromatic carbocycles. The Bertz CT molecular complexity index is 1190. The summed E-state index contributed by atoms with van der Waals surface area (Å²) < 4.78 is 5.57. The van der Waals surface area contributed by atoms with Crippen LogP contribution in [0.15, 0.2) is 72.8 Å². The molecule has 4 rings (SSSR count). The number of nitrogens with one attached hydrogen (secondary N) is 2. The Hall–Kier alpha value is -4.13. The van der Waals surface area contributed by atoms with Crippen LogP contribution in [0.5, 0.6) is 5.75 Å². The lowest BCUT2D eigenvalue weighted by atomic mass is 10.1. The van der Waals surface area contributed by atoms with Crippen molar-refractivity contribution in [3.05, 3.63) is 89.5 Å². The van der Waals surface area contributed by atoms with Crippen LogP contribution in [0.4, 0.5) is 11.4 Å². The van der Waals surface area contributed by atoms with Crippen molar-refractivity contribution in [1.29, 1.82) is 0 Å². The molecule has 0 aliphatic carbocycles. The summed E-state index contributed by atoms with van der Waals surface area (Å²) in [4.78, 5) is 38.9. The zero-order valence-electron chi connectivity index (χ0n) is 19.9. The topological polar surface area (TPSA) is 87.7 Å². The Kier molecular flexibility index (Phi) is 7.45. The van der Waals surface area contributed by atoms with Crippen LogP contribution >= 0.6 is 0 Å². The van der Waals surface area contributed by atoms with Crippen molar-refractivity contribution in [2.24, 2.45) is 5.92 Å². The number of nitrogens with zero attached hydrogens (tertiary/aromatic N) is 1. The van der Waals surface area contributed by atoms with Gasteiger partial charge in [-0.15, -0.1) is 0 Å². The van der Waals surface area contributed by atoms with E-state index in [1.165, 1.54) is 5.56 Å². The van der Waals surface area contributed by atoms with Crippen molar-refractivity contribution >= 4 is 29.1 Å². The number of benzene rings is 3. The number of anilines is 2. The number of carbonyl (C=O) groups is 3. The lowest BCUT2D eigenvalue weighted by Crippen LogP contribution is -2.32. The number of aryl methyl sites for hydroxylation is 2. The first-order chi connectivity index (χ1) is 16.9. The molecule has 7 heteroatoms. The van der Waals surface area contributed by atoms with Crippen molar-refractivity contribution in [2.75, 3.05) is 23.4 Å². The normalized spacial score (nSPS) is 15.1. The molecule has 0 saturated carbocycles. The van der Waals surface area contributed by atoms with Crippen LogP contribution in [-0.4, -0.2) is 30.9 Å². The molecule has 0 aromatic heterocycles. The number of rotatable bonds is 8. The van der Waals surface area contributed by atoms with Crippen molar-refractivity contribution < 1.29 is 19.1 Å². The fraction of sp³-hybridized carbons (Fsp3) is 0.250. The quantitative estimate of drug-likeness (QED) is 0.520. The minimum absolute atomic E-state index is 0.0911. The molecule has 1 fully saturated rings. The summed E-state index contributed by atoms with van der Waals surface area (Å²) >= 11 is 0. The predicted octanol–water partition coefficient (Wildman–Crippen LogP) is 3.99. The molecule has 3 aromatic rings. The number of ether oxygens (including phenoxy) is 1. The molecule has 35 heavy (non-hydrogen) atoms. The van der Waals surface area contributed by atoms with Gasteiger partial charge in [0.15, 0.2) is 6.61 Å². The SMILES string of the molecule is Cc1ccc(CNC(=O)C2CC(=O)N(c3ccc(OCC(=O)Nc4ccc(C)cc4)cc3)C2)cc1. The zero-order valence-corrected chi connectivity index (χ0v) is 19.9. The molecule has 1 aliphatic rings. The molecule has 180 valence electrons. The first-order valence-corrected chi connectivity index (χ1v) is 11.6. The van der Waals surface area contributed by atoms with Gasteiger partial charge in [0.2, 0.25) is 11.8 Å². The second kappa shape index (κ2) is 10.9. The Labute approximate surface area is 205 Å². The van der Waals surface area contributed by atoms with E-state index in [0.717, 1.165) is 11.1 Å². The molecule has 1 heterocycles. The second-order valence-electron chi connectivity index (χ2n) is 8.81. The van der Waals surface area contributed by atoms with E-state index in [9.17, 15) is 14.4 Å². The van der Waals surface area contributed by atoms with Gasteiger partial charge in [-0.25, -0.2) is 0 Å². The van der Waals surface area contributed by atoms with Gasteiger partial charge in [0.05, 0.1) is 5.92 Å². The minimum Gasteiger partial charge on any atom is -0.484 e. The van der Waals surface area contributed by atoms with Gasteiger partial charge in [0, 0.05) is 30.9 Å². The van der Waals surface area contributed by atoms with Crippen LogP contribution in [0.3, 0.4) is 0 Å². The Morgan fingerprint density at radius 1 is 0.914 bits per heavy atom. The van der Waals surface area contributed by atoms with Crippen molar-refractivity contribution in [1.82, 2.24) is 5.32 Å². The van der Waals surface area contributed by atoms with Crippen LogP contribution in [0.1, 0.15) is 23.1 Å². The predicted molar refractivity (Wildman–Crippen MR) is 135 cm³/mol. The monoisotopic (exact) mass is 471 g/mol. The highest BCUT2D eigenvalue weighted by molar-refractivity contribution is 6.00. The smallest absolute Gasteiger partial charge is 0.262 e. The lowest BCUT2D eigenvalue weighted by Gasteiger charge is -2.17. The number of amides is 3. The maximum Gasteiger partial charge on any atom is 0.262 e. The van der Waals surface area contributed by atoms with Crippen LogP contribution in [0, 0.1) is 19.8 Å². The third-order valence-electron chi connectivity index (χ3n) is 5.94. The highest BCUT2D eigenvalue weighted by atomic mass is 16.5. The molecule has 3 amide bonds. The van der Waals surface area contributed by atoms with Gasteiger partial charge in [-0.1, -0.05) is 47.5 Å². The largest absolute Gasteiger partial charge is 0.484 e. The first-order valence-electron chi connectivity index (χ1n) is 11.6. The molecule has 2 N–H and O–H groups in total. The van der Waals surface area contributed by atoms with E-state index in [1.54, 1.807) is 29.2 Å². The van der Waals surface area contributed by atoms with Crippen LogP contribution in [-0.2, 0) is 20.9 Å². The summed E-state index contributed by atoms with van der Waals surface area (Å²) in [7, 11) is 0. The number of carbonyl (C=O) groups excluding carboxylic acids is 3.